The Bertz CT molecular complexity index is 599. The van der Waals surface area contributed by atoms with Crippen LogP contribution in [0.5, 0.6) is 0 Å². The number of thiophene rings is 1. The Labute approximate surface area is 149 Å². The van der Waals surface area contributed by atoms with Crippen LogP contribution in [0.25, 0.3) is 0 Å². The lowest BCUT2D eigenvalue weighted by Gasteiger charge is -2.34. The number of aromatic carboxylic acids is 1. The summed E-state index contributed by atoms with van der Waals surface area (Å²) in [5.74, 6) is -1.21. The molecule has 3 rings (SSSR count). The van der Waals surface area contributed by atoms with Crippen LogP contribution in [0.1, 0.15) is 38.6 Å². The topological polar surface area (TPSA) is 116 Å². The Balaban J connectivity index is 0.000000701. The molecule has 3 N–H and O–H groups in total. The van der Waals surface area contributed by atoms with Crippen molar-refractivity contribution in [3.05, 3.63) is 21.9 Å². The van der Waals surface area contributed by atoms with Crippen molar-refractivity contribution in [1.29, 1.82) is 0 Å². The highest BCUT2D eigenvalue weighted by Gasteiger charge is 2.35. The predicted molar refractivity (Wildman–Crippen MR) is 91.3 cm³/mol. The summed E-state index contributed by atoms with van der Waals surface area (Å²) in [5, 5.41) is 18.8. The van der Waals surface area contributed by atoms with Gasteiger partial charge in [0.15, 0.2) is 0 Å². The Morgan fingerprint density at radius 1 is 1.20 bits per heavy atom. The molecule has 1 amide bonds. The molecule has 0 aromatic carbocycles. The molecule has 2 aliphatic rings. The van der Waals surface area contributed by atoms with Gasteiger partial charge in [0.2, 0.25) is 0 Å². The number of nitrogens with one attached hydrogen (secondary N) is 1. The van der Waals surface area contributed by atoms with Crippen LogP contribution in [-0.2, 0) is 9.53 Å². The van der Waals surface area contributed by atoms with Gasteiger partial charge in [-0.2, -0.15) is 0 Å². The Morgan fingerprint density at radius 3 is 2.44 bits per heavy atom. The van der Waals surface area contributed by atoms with Crippen LogP contribution in [0, 0.1) is 0 Å². The summed E-state index contributed by atoms with van der Waals surface area (Å²) >= 11 is 1.00. The van der Waals surface area contributed by atoms with Gasteiger partial charge in [-0.1, -0.05) is 6.42 Å². The van der Waals surface area contributed by atoms with Crippen LogP contribution in [0.2, 0.25) is 0 Å². The monoisotopic (exact) mass is 370 g/mol. The van der Waals surface area contributed by atoms with Gasteiger partial charge in [0.1, 0.15) is 4.88 Å². The van der Waals surface area contributed by atoms with Crippen LogP contribution in [0.3, 0.4) is 0 Å². The lowest BCUT2D eigenvalue weighted by molar-refractivity contribution is -0.122. The number of amides is 1. The maximum atomic E-state index is 12.3. The van der Waals surface area contributed by atoms with Crippen LogP contribution in [0.4, 0.5) is 0 Å². The number of carbonyl (C=O) groups excluding carboxylic acids is 1. The molecule has 8 nitrogen and oxygen atoms in total. The summed E-state index contributed by atoms with van der Waals surface area (Å²) in [6.45, 7) is 3.03. The quantitative estimate of drug-likeness (QED) is 0.680. The standard InChI is InChI=1S/C15H20N2O4S.CH2O2/c18-14(12-4-5-13(22-12)15(19)20)16-10-8-21-9-11(10)17-6-2-1-3-7-17;2-1-3/h4-5,10-11H,1-3,6-9H2,(H,16,18)(H,19,20);1H,(H,2,3)/t10-,11-;/m0./s1. The smallest absolute Gasteiger partial charge is 0.345 e. The van der Waals surface area contributed by atoms with E-state index in [-0.39, 0.29) is 29.3 Å². The molecule has 3 heterocycles. The zero-order valence-electron chi connectivity index (χ0n) is 13.7. The Kier molecular flexibility index (Phi) is 7.35. The normalized spacial score (nSPS) is 23.4. The largest absolute Gasteiger partial charge is 0.483 e. The zero-order chi connectivity index (χ0) is 18.2. The maximum absolute atomic E-state index is 12.3. The van der Waals surface area contributed by atoms with E-state index in [1.54, 1.807) is 6.07 Å². The molecule has 2 fully saturated rings. The minimum absolute atomic E-state index is 0.0269. The molecule has 0 unspecified atom stereocenters. The fourth-order valence-electron chi connectivity index (χ4n) is 3.11. The first-order chi connectivity index (χ1) is 12.1. The highest BCUT2D eigenvalue weighted by Crippen LogP contribution is 2.21. The highest BCUT2D eigenvalue weighted by atomic mass is 32.1. The second kappa shape index (κ2) is 9.50. The van der Waals surface area contributed by atoms with E-state index in [0.29, 0.717) is 18.1 Å². The van der Waals surface area contributed by atoms with Gasteiger partial charge in [0.05, 0.1) is 30.2 Å². The SMILES string of the molecule is O=C(O)c1ccc(C(=O)N[C@H]2COC[C@@H]2N2CCCCC2)s1.O=CO. The average Bonchev–Trinajstić information content (AvgIpc) is 3.26. The van der Waals surface area contributed by atoms with Crippen molar-refractivity contribution >= 4 is 29.7 Å². The first-order valence-electron chi connectivity index (χ1n) is 8.10. The van der Waals surface area contributed by atoms with Crippen molar-refractivity contribution < 1.29 is 29.3 Å². The third-order valence-electron chi connectivity index (χ3n) is 4.27. The minimum atomic E-state index is -1.00. The molecule has 1 aromatic rings. The first kappa shape index (κ1) is 19.4. The van der Waals surface area contributed by atoms with Crippen LogP contribution in [-0.4, -0.2) is 71.8 Å². The van der Waals surface area contributed by atoms with E-state index in [0.717, 1.165) is 24.4 Å². The molecule has 2 atom stereocenters. The van der Waals surface area contributed by atoms with Gasteiger partial charge < -0.3 is 20.3 Å². The molecule has 0 bridgehead atoms. The first-order valence-corrected chi connectivity index (χ1v) is 8.92. The molecular weight excluding hydrogens is 348 g/mol. The Morgan fingerprint density at radius 2 is 1.84 bits per heavy atom. The summed E-state index contributed by atoms with van der Waals surface area (Å²) in [6.07, 6.45) is 3.67. The van der Waals surface area contributed by atoms with E-state index in [2.05, 4.69) is 10.2 Å². The second-order valence-electron chi connectivity index (χ2n) is 5.86. The summed E-state index contributed by atoms with van der Waals surface area (Å²) < 4.78 is 5.56. The van der Waals surface area contributed by atoms with Crippen LogP contribution in [0.15, 0.2) is 12.1 Å². The molecule has 9 heteroatoms. The molecule has 25 heavy (non-hydrogen) atoms. The van der Waals surface area contributed by atoms with Crippen molar-refractivity contribution in [3.63, 3.8) is 0 Å². The summed E-state index contributed by atoms with van der Waals surface area (Å²) in [7, 11) is 0. The molecule has 1 aromatic heterocycles. The van der Waals surface area contributed by atoms with Gasteiger partial charge in [-0.05, 0) is 38.1 Å². The third kappa shape index (κ3) is 5.25. The second-order valence-corrected chi connectivity index (χ2v) is 6.94. The van der Waals surface area contributed by atoms with Crippen molar-refractivity contribution in [2.24, 2.45) is 0 Å². The zero-order valence-corrected chi connectivity index (χ0v) is 14.5. The fraction of sp³-hybridized carbons (Fsp3) is 0.562. The van der Waals surface area contributed by atoms with Crippen LogP contribution < -0.4 is 5.32 Å². The van der Waals surface area contributed by atoms with Crippen molar-refractivity contribution in [3.8, 4) is 0 Å². The molecule has 2 aliphatic heterocycles. The van der Waals surface area contributed by atoms with Crippen molar-refractivity contribution in [1.82, 2.24) is 10.2 Å². The number of piperidine rings is 1. The van der Waals surface area contributed by atoms with Crippen molar-refractivity contribution in [2.45, 2.75) is 31.3 Å². The lowest BCUT2D eigenvalue weighted by Crippen LogP contribution is -2.52. The van der Waals surface area contributed by atoms with E-state index < -0.39 is 5.97 Å². The summed E-state index contributed by atoms with van der Waals surface area (Å²) in [4.78, 5) is 34.6. The number of carbonyl (C=O) groups is 3. The van der Waals surface area contributed by atoms with Crippen molar-refractivity contribution in [2.75, 3.05) is 26.3 Å². The highest BCUT2D eigenvalue weighted by molar-refractivity contribution is 7.15. The molecule has 138 valence electrons. The van der Waals surface area contributed by atoms with Crippen LogP contribution >= 0.6 is 11.3 Å². The molecular formula is C16H22N2O6S. The third-order valence-corrected chi connectivity index (χ3v) is 5.34. The number of carboxylic acid groups (broad SMARTS) is 2. The number of rotatable bonds is 4. The minimum Gasteiger partial charge on any atom is -0.483 e. The summed E-state index contributed by atoms with van der Waals surface area (Å²) in [5.41, 5.74) is 0. The lowest BCUT2D eigenvalue weighted by atomic mass is 10.0. The van der Waals surface area contributed by atoms with Gasteiger partial charge in [0.25, 0.3) is 12.4 Å². The number of nitrogens with zero attached hydrogens (tertiary/aromatic N) is 1. The Hall–Kier alpha value is -1.97. The molecule has 0 aliphatic carbocycles. The van der Waals surface area contributed by atoms with E-state index in [4.69, 9.17) is 19.7 Å². The average molecular weight is 370 g/mol. The van der Waals surface area contributed by atoms with Gasteiger partial charge in [0, 0.05) is 0 Å². The van der Waals surface area contributed by atoms with E-state index >= 15 is 0 Å². The van der Waals surface area contributed by atoms with Gasteiger partial charge in [-0.3, -0.25) is 14.5 Å². The number of hydrogen-bond acceptors (Lipinski definition) is 6. The number of carboxylic acids is 1. The predicted octanol–water partition coefficient (Wildman–Crippen LogP) is 1.13. The summed E-state index contributed by atoms with van der Waals surface area (Å²) in [6, 6.07) is 3.23. The fourth-order valence-corrected chi connectivity index (χ4v) is 3.85. The number of likely N-dealkylation sites (tertiary alicyclic amines) is 1. The van der Waals surface area contributed by atoms with Gasteiger partial charge in [-0.15, -0.1) is 11.3 Å². The van der Waals surface area contributed by atoms with Gasteiger partial charge >= 0.3 is 5.97 Å². The van der Waals surface area contributed by atoms with E-state index in [1.165, 1.54) is 25.3 Å². The molecule has 0 spiro atoms. The van der Waals surface area contributed by atoms with Gasteiger partial charge in [-0.25, -0.2) is 4.79 Å². The van der Waals surface area contributed by atoms with E-state index in [1.807, 2.05) is 0 Å². The number of hydrogen-bond donors (Lipinski definition) is 3. The molecule has 2 saturated heterocycles. The molecule has 0 saturated carbocycles. The molecule has 0 radical (unpaired) electrons. The van der Waals surface area contributed by atoms with E-state index in [9.17, 15) is 9.59 Å². The maximum Gasteiger partial charge on any atom is 0.345 e. The number of ether oxygens (including phenoxy) is 1.